The van der Waals surface area contributed by atoms with Gasteiger partial charge < -0.3 is 10.2 Å². The van der Waals surface area contributed by atoms with Crippen molar-refractivity contribution in [1.82, 2.24) is 15.1 Å². The van der Waals surface area contributed by atoms with Gasteiger partial charge in [0.25, 0.3) is 5.91 Å². The average Bonchev–Trinajstić information content (AvgIpc) is 3.43. The van der Waals surface area contributed by atoms with Gasteiger partial charge in [-0.25, -0.2) is 4.68 Å². The van der Waals surface area contributed by atoms with E-state index >= 15 is 0 Å². The molecule has 0 aliphatic rings. The normalized spacial score (nSPS) is 11.0. The molecular weight excluding hydrogens is 392 g/mol. The number of hydrogen-bond donors (Lipinski definition) is 2. The minimum Gasteiger partial charge on any atom is -0.348 e. The lowest BCUT2D eigenvalue weighted by Crippen LogP contribution is -3.04. The second-order valence-electron chi connectivity index (χ2n) is 7.48. The molecule has 2 heterocycles. The topological polar surface area (TPSA) is 51.4 Å². The van der Waals surface area contributed by atoms with Gasteiger partial charge in [0.2, 0.25) is 0 Å². The summed E-state index contributed by atoms with van der Waals surface area (Å²) >= 11 is 1.58. The van der Waals surface area contributed by atoms with Gasteiger partial charge in [0.05, 0.1) is 30.2 Å². The van der Waals surface area contributed by atoms with Crippen LogP contribution in [0.25, 0.3) is 16.3 Å². The Hall–Kier alpha value is -3.22. The van der Waals surface area contributed by atoms with Crippen LogP contribution in [0.2, 0.25) is 0 Å². The molecule has 0 aliphatic heterocycles. The zero-order chi connectivity index (χ0) is 20.9. The molecule has 0 atom stereocenters. The highest BCUT2D eigenvalue weighted by atomic mass is 32.1. The molecule has 1 amide bonds. The Morgan fingerprint density at radius 3 is 2.43 bits per heavy atom. The van der Waals surface area contributed by atoms with Crippen LogP contribution < -0.4 is 10.2 Å². The number of hydrogen-bond acceptors (Lipinski definition) is 3. The zero-order valence-electron chi connectivity index (χ0n) is 17.1. The second-order valence-corrected chi connectivity index (χ2v) is 8.43. The molecule has 0 fully saturated rings. The predicted octanol–water partition coefficient (Wildman–Crippen LogP) is 3.18. The summed E-state index contributed by atoms with van der Waals surface area (Å²) in [5.41, 5.74) is 4.60. The van der Waals surface area contributed by atoms with Crippen LogP contribution in [-0.2, 0) is 13.1 Å². The molecule has 0 unspecified atom stereocenters. The van der Waals surface area contributed by atoms with Gasteiger partial charge in [-0.2, -0.15) is 5.10 Å². The van der Waals surface area contributed by atoms with Crippen LogP contribution in [0.3, 0.4) is 0 Å². The Bertz CT molecular complexity index is 1120. The summed E-state index contributed by atoms with van der Waals surface area (Å²) in [5.74, 6) is -0.118. The molecule has 0 aliphatic carbocycles. The van der Waals surface area contributed by atoms with Crippen molar-refractivity contribution in [2.24, 2.45) is 0 Å². The molecule has 30 heavy (non-hydrogen) atoms. The first-order valence-corrected chi connectivity index (χ1v) is 10.8. The van der Waals surface area contributed by atoms with Crippen molar-refractivity contribution < 1.29 is 9.69 Å². The molecule has 5 nitrogen and oxygen atoms in total. The van der Waals surface area contributed by atoms with Gasteiger partial charge in [-0.3, -0.25) is 4.79 Å². The van der Waals surface area contributed by atoms with Crippen molar-refractivity contribution in [3.05, 3.63) is 95.0 Å². The Labute approximate surface area is 180 Å². The van der Waals surface area contributed by atoms with Crippen molar-refractivity contribution in [3.8, 4) is 16.3 Å². The van der Waals surface area contributed by atoms with Gasteiger partial charge in [0.1, 0.15) is 12.2 Å². The molecule has 6 heteroatoms. The standard InChI is InChI=1S/C24H24N4OS/c1-27(2)16-19-10-7-6-9-18(19)15-25-24(29)21-17-28(20-11-4-3-5-12-20)26-23(21)22-13-8-14-30-22/h3-14,17H,15-16H2,1-2H3,(H,25,29)/p+1. The quantitative estimate of drug-likeness (QED) is 0.485. The number of aromatic nitrogens is 2. The molecule has 0 saturated heterocycles. The van der Waals surface area contributed by atoms with E-state index in [0.29, 0.717) is 17.8 Å². The van der Waals surface area contributed by atoms with E-state index in [0.717, 1.165) is 22.7 Å². The van der Waals surface area contributed by atoms with Crippen LogP contribution in [0.5, 0.6) is 0 Å². The first-order valence-electron chi connectivity index (χ1n) is 9.95. The van der Waals surface area contributed by atoms with Crippen LogP contribution >= 0.6 is 11.3 Å². The fourth-order valence-electron chi connectivity index (χ4n) is 3.40. The predicted molar refractivity (Wildman–Crippen MR) is 121 cm³/mol. The molecule has 0 bridgehead atoms. The van der Waals surface area contributed by atoms with Crippen molar-refractivity contribution >= 4 is 17.2 Å². The number of quaternary nitrogens is 1. The molecular formula is C24H25N4OS+. The van der Waals surface area contributed by atoms with E-state index in [2.05, 4.69) is 31.5 Å². The third-order valence-electron chi connectivity index (χ3n) is 4.84. The van der Waals surface area contributed by atoms with Crippen LogP contribution in [0.4, 0.5) is 0 Å². The van der Waals surface area contributed by atoms with Gasteiger partial charge in [0, 0.05) is 18.3 Å². The number of carbonyl (C=O) groups excluding carboxylic acids is 1. The number of benzene rings is 2. The molecule has 4 rings (SSSR count). The van der Waals surface area contributed by atoms with E-state index in [1.807, 2.05) is 66.2 Å². The number of rotatable bonds is 7. The van der Waals surface area contributed by atoms with Gasteiger partial charge in [-0.15, -0.1) is 11.3 Å². The lowest BCUT2D eigenvalue weighted by molar-refractivity contribution is -0.872. The summed E-state index contributed by atoms with van der Waals surface area (Å²) in [6, 6.07) is 22.1. The Kier molecular flexibility index (Phi) is 6.07. The van der Waals surface area contributed by atoms with Crippen LogP contribution in [0.1, 0.15) is 21.5 Å². The third kappa shape index (κ3) is 4.50. The van der Waals surface area contributed by atoms with E-state index in [9.17, 15) is 4.79 Å². The monoisotopic (exact) mass is 417 g/mol. The maximum absolute atomic E-state index is 13.1. The average molecular weight is 418 g/mol. The number of nitrogens with zero attached hydrogens (tertiary/aromatic N) is 2. The Morgan fingerprint density at radius 1 is 1.00 bits per heavy atom. The molecule has 0 spiro atoms. The summed E-state index contributed by atoms with van der Waals surface area (Å²) in [6.45, 7) is 1.40. The Morgan fingerprint density at radius 2 is 1.73 bits per heavy atom. The van der Waals surface area contributed by atoms with E-state index in [1.165, 1.54) is 10.5 Å². The highest BCUT2D eigenvalue weighted by Gasteiger charge is 2.19. The maximum Gasteiger partial charge on any atom is 0.255 e. The molecule has 0 saturated carbocycles. The Balaban J connectivity index is 1.60. The van der Waals surface area contributed by atoms with Gasteiger partial charge in [-0.1, -0.05) is 48.5 Å². The third-order valence-corrected chi connectivity index (χ3v) is 5.71. The van der Waals surface area contributed by atoms with Gasteiger partial charge in [0.15, 0.2) is 0 Å². The largest absolute Gasteiger partial charge is 0.348 e. The molecule has 152 valence electrons. The lowest BCUT2D eigenvalue weighted by Gasteiger charge is -2.12. The minimum absolute atomic E-state index is 0.118. The number of amides is 1. The van der Waals surface area contributed by atoms with Gasteiger partial charge >= 0.3 is 0 Å². The highest BCUT2D eigenvalue weighted by molar-refractivity contribution is 7.13. The fourth-order valence-corrected chi connectivity index (χ4v) is 4.13. The summed E-state index contributed by atoms with van der Waals surface area (Å²) in [7, 11) is 4.25. The van der Waals surface area contributed by atoms with E-state index < -0.39 is 0 Å². The van der Waals surface area contributed by atoms with Crippen molar-refractivity contribution in [2.45, 2.75) is 13.1 Å². The lowest BCUT2D eigenvalue weighted by atomic mass is 10.1. The van der Waals surface area contributed by atoms with Crippen LogP contribution in [-0.4, -0.2) is 29.8 Å². The molecule has 4 aromatic rings. The van der Waals surface area contributed by atoms with Crippen molar-refractivity contribution in [3.63, 3.8) is 0 Å². The van der Waals surface area contributed by atoms with Crippen molar-refractivity contribution in [2.75, 3.05) is 14.1 Å². The zero-order valence-corrected chi connectivity index (χ0v) is 17.9. The van der Waals surface area contributed by atoms with E-state index in [1.54, 1.807) is 16.0 Å². The minimum atomic E-state index is -0.118. The van der Waals surface area contributed by atoms with Crippen molar-refractivity contribution in [1.29, 1.82) is 0 Å². The van der Waals surface area contributed by atoms with Crippen LogP contribution in [0.15, 0.2) is 78.3 Å². The van der Waals surface area contributed by atoms with Gasteiger partial charge in [-0.05, 0) is 29.1 Å². The van der Waals surface area contributed by atoms with E-state index in [-0.39, 0.29) is 5.91 Å². The van der Waals surface area contributed by atoms with E-state index in [4.69, 9.17) is 5.10 Å². The molecule has 2 aromatic carbocycles. The molecule has 2 aromatic heterocycles. The number of carbonyl (C=O) groups is 1. The number of para-hydroxylation sites is 1. The first-order chi connectivity index (χ1) is 14.6. The summed E-state index contributed by atoms with van der Waals surface area (Å²) in [4.78, 5) is 15.5. The molecule has 0 radical (unpaired) electrons. The summed E-state index contributed by atoms with van der Waals surface area (Å²) in [6.07, 6.45) is 1.82. The SMILES string of the molecule is C[NH+](C)Cc1ccccc1CNC(=O)c1cn(-c2ccccc2)nc1-c1cccs1. The smallest absolute Gasteiger partial charge is 0.255 e. The van der Waals surface area contributed by atoms with Crippen LogP contribution in [0, 0.1) is 0 Å². The number of thiophene rings is 1. The summed E-state index contributed by atoms with van der Waals surface area (Å²) < 4.78 is 1.77. The highest BCUT2D eigenvalue weighted by Crippen LogP contribution is 2.27. The number of nitrogens with one attached hydrogen (secondary N) is 2. The first kappa shape index (κ1) is 20.1. The molecule has 2 N–H and O–H groups in total. The summed E-state index contributed by atoms with van der Waals surface area (Å²) in [5, 5.41) is 9.82. The fraction of sp³-hybridized carbons (Fsp3) is 0.167. The maximum atomic E-state index is 13.1. The second kappa shape index (κ2) is 9.07.